The van der Waals surface area contributed by atoms with Crippen molar-refractivity contribution < 1.29 is 0 Å². The summed E-state index contributed by atoms with van der Waals surface area (Å²) >= 11 is 6.05. The molecule has 0 saturated heterocycles. The highest BCUT2D eigenvalue weighted by Gasteiger charge is 2.22. The number of aromatic nitrogens is 4. The molecule has 3 aromatic rings. The minimum atomic E-state index is -0.115. The molecule has 23 heavy (non-hydrogen) atoms. The van der Waals surface area contributed by atoms with Crippen molar-refractivity contribution in [2.24, 2.45) is 0 Å². The fraction of sp³-hybridized carbons (Fsp3) is 0.353. The van der Waals surface area contributed by atoms with E-state index in [0.29, 0.717) is 0 Å². The van der Waals surface area contributed by atoms with Gasteiger partial charge in [0.15, 0.2) is 11.5 Å². The van der Waals surface area contributed by atoms with Crippen molar-refractivity contribution in [2.75, 3.05) is 11.9 Å². The van der Waals surface area contributed by atoms with Gasteiger partial charge in [-0.05, 0) is 29.8 Å². The monoisotopic (exact) mass is 329 g/mol. The molecule has 0 spiro atoms. The molecular weight excluding hydrogens is 310 g/mol. The second kappa shape index (κ2) is 5.81. The lowest BCUT2D eigenvalue weighted by molar-refractivity contribution is 0.526. The van der Waals surface area contributed by atoms with E-state index in [1.54, 1.807) is 0 Å². The van der Waals surface area contributed by atoms with E-state index in [1.807, 2.05) is 41.9 Å². The van der Waals surface area contributed by atoms with Gasteiger partial charge in [-0.3, -0.25) is 0 Å². The summed E-state index contributed by atoms with van der Waals surface area (Å²) in [5.41, 5.74) is 1.79. The van der Waals surface area contributed by atoms with Crippen molar-refractivity contribution in [2.45, 2.75) is 32.7 Å². The van der Waals surface area contributed by atoms with Gasteiger partial charge in [0.2, 0.25) is 0 Å². The Labute approximate surface area is 140 Å². The molecule has 3 rings (SSSR count). The molecule has 0 aliphatic rings. The van der Waals surface area contributed by atoms with Crippen LogP contribution in [0.2, 0.25) is 5.02 Å². The largest absolute Gasteiger partial charge is 0.354 e. The molecule has 0 aliphatic heterocycles. The predicted octanol–water partition coefficient (Wildman–Crippen LogP) is 3.71. The van der Waals surface area contributed by atoms with Crippen molar-refractivity contribution in [3.8, 4) is 0 Å². The number of anilines is 1. The summed E-state index contributed by atoms with van der Waals surface area (Å²) in [6, 6.07) is 11.8. The van der Waals surface area contributed by atoms with Crippen molar-refractivity contribution in [3.63, 3.8) is 0 Å². The summed E-state index contributed by atoms with van der Waals surface area (Å²) in [6.07, 6.45) is 0. The Morgan fingerprint density at radius 2 is 1.91 bits per heavy atom. The van der Waals surface area contributed by atoms with E-state index in [2.05, 4.69) is 41.9 Å². The van der Waals surface area contributed by atoms with Gasteiger partial charge in [0.1, 0.15) is 5.82 Å². The average molecular weight is 330 g/mol. The first-order valence-corrected chi connectivity index (χ1v) is 7.91. The van der Waals surface area contributed by atoms with Gasteiger partial charge < -0.3 is 4.90 Å². The molecule has 0 amide bonds. The Morgan fingerprint density at radius 1 is 1.13 bits per heavy atom. The zero-order chi connectivity index (χ0) is 16.6. The molecule has 0 saturated carbocycles. The molecule has 0 bridgehead atoms. The Kier molecular flexibility index (Phi) is 3.98. The normalized spacial score (nSPS) is 11.9. The van der Waals surface area contributed by atoms with Crippen LogP contribution in [0.3, 0.4) is 0 Å². The number of fused-ring (bicyclic) bond motifs is 1. The van der Waals surface area contributed by atoms with Gasteiger partial charge in [0.25, 0.3) is 0 Å². The van der Waals surface area contributed by atoms with Crippen molar-refractivity contribution in [3.05, 3.63) is 52.8 Å². The van der Waals surface area contributed by atoms with Crippen molar-refractivity contribution in [1.82, 2.24) is 19.8 Å². The van der Waals surface area contributed by atoms with E-state index in [-0.39, 0.29) is 5.41 Å². The van der Waals surface area contributed by atoms with Crippen LogP contribution in [0.5, 0.6) is 0 Å². The maximum atomic E-state index is 6.05. The van der Waals surface area contributed by atoms with Gasteiger partial charge >= 0.3 is 0 Å². The molecule has 0 atom stereocenters. The number of nitrogens with zero attached hydrogens (tertiary/aromatic N) is 5. The molecule has 1 aromatic carbocycles. The van der Waals surface area contributed by atoms with E-state index in [1.165, 1.54) is 0 Å². The molecule has 5 nitrogen and oxygen atoms in total. The number of hydrogen-bond donors (Lipinski definition) is 0. The Morgan fingerprint density at radius 3 is 2.61 bits per heavy atom. The lowest BCUT2D eigenvalue weighted by Crippen LogP contribution is -2.21. The quantitative estimate of drug-likeness (QED) is 0.735. The average Bonchev–Trinajstić information content (AvgIpc) is 2.90. The highest BCUT2D eigenvalue weighted by atomic mass is 35.5. The van der Waals surface area contributed by atoms with Crippen LogP contribution in [0.4, 0.5) is 5.82 Å². The lowest BCUT2D eigenvalue weighted by Gasteiger charge is -2.20. The molecule has 0 N–H and O–H groups in total. The van der Waals surface area contributed by atoms with Crippen LogP contribution >= 0.6 is 11.6 Å². The van der Waals surface area contributed by atoms with Gasteiger partial charge in [-0.1, -0.05) is 44.5 Å². The molecular formula is C17H20ClN5. The Bertz CT molecular complexity index is 834. The van der Waals surface area contributed by atoms with Crippen LogP contribution in [0.25, 0.3) is 5.65 Å². The third kappa shape index (κ3) is 3.29. The highest BCUT2D eigenvalue weighted by Crippen LogP contribution is 2.22. The zero-order valence-electron chi connectivity index (χ0n) is 13.8. The molecule has 120 valence electrons. The van der Waals surface area contributed by atoms with E-state index >= 15 is 0 Å². The number of rotatable bonds is 3. The highest BCUT2D eigenvalue weighted by molar-refractivity contribution is 6.30. The van der Waals surface area contributed by atoms with Crippen LogP contribution in [-0.2, 0) is 12.0 Å². The SMILES string of the molecule is CN(Cc1cccc(Cl)c1)c1ccc2nnc(C(C)(C)C)n2n1. The van der Waals surface area contributed by atoms with E-state index in [9.17, 15) is 0 Å². The molecule has 2 heterocycles. The minimum Gasteiger partial charge on any atom is -0.354 e. The molecule has 0 unspecified atom stereocenters. The first-order chi connectivity index (χ1) is 10.8. The summed E-state index contributed by atoms with van der Waals surface area (Å²) in [7, 11) is 2.01. The van der Waals surface area contributed by atoms with Gasteiger partial charge in [0.05, 0.1) is 0 Å². The van der Waals surface area contributed by atoms with E-state index in [0.717, 1.165) is 34.4 Å². The first kappa shape index (κ1) is 15.7. The fourth-order valence-electron chi connectivity index (χ4n) is 2.44. The third-order valence-electron chi connectivity index (χ3n) is 3.62. The predicted molar refractivity (Wildman–Crippen MR) is 93.0 cm³/mol. The fourth-order valence-corrected chi connectivity index (χ4v) is 2.65. The van der Waals surface area contributed by atoms with Gasteiger partial charge in [0, 0.05) is 24.0 Å². The van der Waals surface area contributed by atoms with Gasteiger partial charge in [-0.25, -0.2) is 0 Å². The van der Waals surface area contributed by atoms with Crippen LogP contribution in [-0.4, -0.2) is 26.9 Å². The van der Waals surface area contributed by atoms with Crippen LogP contribution in [0.1, 0.15) is 32.2 Å². The summed E-state index contributed by atoms with van der Waals surface area (Å²) in [5, 5.41) is 13.9. The van der Waals surface area contributed by atoms with Crippen LogP contribution in [0, 0.1) is 0 Å². The van der Waals surface area contributed by atoms with Crippen LogP contribution < -0.4 is 4.90 Å². The topological polar surface area (TPSA) is 46.3 Å². The van der Waals surface area contributed by atoms with E-state index in [4.69, 9.17) is 16.7 Å². The maximum Gasteiger partial charge on any atom is 0.178 e. The van der Waals surface area contributed by atoms with E-state index < -0.39 is 0 Å². The van der Waals surface area contributed by atoms with Gasteiger partial charge in [-0.15, -0.1) is 15.3 Å². The second-order valence-electron chi connectivity index (χ2n) is 6.72. The summed E-state index contributed by atoms with van der Waals surface area (Å²) < 4.78 is 1.82. The molecule has 0 aliphatic carbocycles. The minimum absolute atomic E-state index is 0.115. The second-order valence-corrected chi connectivity index (χ2v) is 7.16. The van der Waals surface area contributed by atoms with Crippen molar-refractivity contribution in [1.29, 1.82) is 0 Å². The smallest absolute Gasteiger partial charge is 0.178 e. The first-order valence-electron chi connectivity index (χ1n) is 7.53. The standard InChI is InChI=1S/C17H20ClN5/c1-17(2,3)16-20-19-14-8-9-15(21-23(14)16)22(4)11-12-6-5-7-13(18)10-12/h5-10H,11H2,1-4H3. The molecule has 6 heteroatoms. The summed E-state index contributed by atoms with van der Waals surface area (Å²) in [5.74, 6) is 1.72. The molecule has 2 aromatic heterocycles. The molecule has 0 radical (unpaired) electrons. The number of halogens is 1. The third-order valence-corrected chi connectivity index (χ3v) is 3.85. The number of benzene rings is 1. The van der Waals surface area contributed by atoms with Gasteiger partial charge in [-0.2, -0.15) is 4.52 Å². The zero-order valence-corrected chi connectivity index (χ0v) is 14.5. The lowest BCUT2D eigenvalue weighted by atomic mass is 9.96. The Balaban J connectivity index is 1.93. The number of hydrogen-bond acceptors (Lipinski definition) is 4. The maximum absolute atomic E-state index is 6.05. The summed E-state index contributed by atoms with van der Waals surface area (Å²) in [4.78, 5) is 2.08. The molecule has 0 fully saturated rings. The Hall–Kier alpha value is -2.14. The van der Waals surface area contributed by atoms with Crippen molar-refractivity contribution >= 4 is 23.1 Å². The summed E-state index contributed by atoms with van der Waals surface area (Å²) in [6.45, 7) is 7.04. The van der Waals surface area contributed by atoms with Crippen LogP contribution in [0.15, 0.2) is 36.4 Å².